The second-order valence-corrected chi connectivity index (χ2v) is 4.34. The normalized spacial score (nSPS) is 17.3. The molecule has 0 radical (unpaired) electrons. The fraction of sp³-hybridized carbons (Fsp3) is 0.214. The van der Waals surface area contributed by atoms with E-state index in [2.05, 4.69) is 4.98 Å². The molecule has 0 aliphatic carbocycles. The van der Waals surface area contributed by atoms with Crippen molar-refractivity contribution < 1.29 is 9.13 Å². The zero-order chi connectivity index (χ0) is 12.5. The van der Waals surface area contributed by atoms with Crippen LogP contribution in [0.3, 0.4) is 0 Å². The van der Waals surface area contributed by atoms with E-state index in [1.54, 1.807) is 24.4 Å². The number of nitrogens with two attached hydrogens (primary N) is 1. The second-order valence-electron chi connectivity index (χ2n) is 4.34. The molecule has 0 saturated carbocycles. The van der Waals surface area contributed by atoms with Gasteiger partial charge in [-0.15, -0.1) is 0 Å². The highest BCUT2D eigenvalue weighted by Crippen LogP contribution is 2.38. The summed E-state index contributed by atoms with van der Waals surface area (Å²) in [6, 6.07) is 8.50. The van der Waals surface area contributed by atoms with Crippen molar-refractivity contribution in [2.24, 2.45) is 5.73 Å². The number of ether oxygens (including phenoxy) is 1. The van der Waals surface area contributed by atoms with Gasteiger partial charge in [0, 0.05) is 24.2 Å². The highest BCUT2D eigenvalue weighted by molar-refractivity contribution is 5.45. The highest BCUT2D eigenvalue weighted by Gasteiger charge is 2.25. The van der Waals surface area contributed by atoms with E-state index in [4.69, 9.17) is 10.5 Å². The van der Waals surface area contributed by atoms with Gasteiger partial charge in [-0.3, -0.25) is 4.98 Å². The molecule has 0 amide bonds. The topological polar surface area (TPSA) is 48.1 Å². The van der Waals surface area contributed by atoms with Crippen molar-refractivity contribution in [3.63, 3.8) is 0 Å². The molecular weight excluding hydrogens is 231 g/mol. The monoisotopic (exact) mass is 244 g/mol. The molecule has 0 fully saturated rings. The number of rotatable bonds is 1. The van der Waals surface area contributed by atoms with Gasteiger partial charge in [0.05, 0.1) is 5.69 Å². The number of fused-ring (bicyclic) bond motifs is 2. The number of halogens is 1. The zero-order valence-corrected chi connectivity index (χ0v) is 9.77. The maximum absolute atomic E-state index is 13.8. The van der Waals surface area contributed by atoms with Gasteiger partial charge >= 0.3 is 0 Å². The van der Waals surface area contributed by atoms with Crippen LogP contribution in [0.4, 0.5) is 4.39 Å². The Bertz CT molecular complexity index is 586. The molecule has 3 nitrogen and oxygen atoms in total. The van der Waals surface area contributed by atoms with Gasteiger partial charge in [-0.2, -0.15) is 0 Å². The van der Waals surface area contributed by atoms with Gasteiger partial charge in [0.25, 0.3) is 0 Å². The molecule has 18 heavy (non-hydrogen) atoms. The summed E-state index contributed by atoms with van der Waals surface area (Å²) in [5.74, 6) is 0.954. The van der Waals surface area contributed by atoms with Crippen LogP contribution in [0.5, 0.6) is 11.5 Å². The third-order valence-electron chi connectivity index (χ3n) is 3.22. The van der Waals surface area contributed by atoms with Crippen LogP contribution >= 0.6 is 0 Å². The van der Waals surface area contributed by atoms with E-state index in [0.29, 0.717) is 30.0 Å². The van der Waals surface area contributed by atoms with Gasteiger partial charge < -0.3 is 10.5 Å². The van der Waals surface area contributed by atoms with Crippen molar-refractivity contribution in [3.05, 3.63) is 53.6 Å². The average Bonchev–Trinajstić information content (AvgIpc) is 2.55. The fourth-order valence-electron chi connectivity index (χ4n) is 2.28. The van der Waals surface area contributed by atoms with E-state index in [9.17, 15) is 4.39 Å². The Morgan fingerprint density at radius 2 is 2.11 bits per heavy atom. The van der Waals surface area contributed by atoms with Crippen molar-refractivity contribution in [1.29, 1.82) is 0 Å². The van der Waals surface area contributed by atoms with Crippen molar-refractivity contribution in [2.45, 2.75) is 12.3 Å². The highest BCUT2D eigenvalue weighted by atomic mass is 19.1. The van der Waals surface area contributed by atoms with Crippen LogP contribution < -0.4 is 10.5 Å². The van der Waals surface area contributed by atoms with Crippen LogP contribution in [0.15, 0.2) is 36.5 Å². The van der Waals surface area contributed by atoms with E-state index in [1.807, 2.05) is 6.07 Å². The zero-order valence-electron chi connectivity index (χ0n) is 9.77. The first-order chi connectivity index (χ1) is 8.79. The lowest BCUT2D eigenvalue weighted by molar-refractivity contribution is 0.469. The van der Waals surface area contributed by atoms with Gasteiger partial charge in [-0.25, -0.2) is 4.39 Å². The van der Waals surface area contributed by atoms with Crippen LogP contribution in [0, 0.1) is 5.82 Å². The van der Waals surface area contributed by atoms with Crippen molar-refractivity contribution in [3.8, 4) is 11.5 Å². The molecule has 1 aromatic heterocycles. The molecule has 0 bridgehead atoms. The van der Waals surface area contributed by atoms with Crippen molar-refractivity contribution in [2.75, 3.05) is 6.54 Å². The SMILES string of the molecule is NC[C@@H]1Cc2c(F)cccc2Oc2cccnc21. The summed E-state index contributed by atoms with van der Waals surface area (Å²) in [5, 5.41) is 0. The van der Waals surface area contributed by atoms with Gasteiger partial charge in [0.15, 0.2) is 0 Å². The number of benzene rings is 1. The quantitative estimate of drug-likeness (QED) is 0.838. The molecule has 1 aromatic carbocycles. The molecule has 0 saturated heterocycles. The Morgan fingerprint density at radius 1 is 1.28 bits per heavy atom. The smallest absolute Gasteiger partial charge is 0.149 e. The number of hydrogen-bond acceptors (Lipinski definition) is 3. The summed E-state index contributed by atoms with van der Waals surface area (Å²) >= 11 is 0. The van der Waals surface area contributed by atoms with Gasteiger partial charge in [-0.1, -0.05) is 6.07 Å². The van der Waals surface area contributed by atoms with Crippen LogP contribution in [0.2, 0.25) is 0 Å². The molecule has 0 unspecified atom stereocenters. The minimum Gasteiger partial charge on any atom is -0.455 e. The Labute approximate surface area is 104 Å². The largest absolute Gasteiger partial charge is 0.455 e. The predicted octanol–water partition coefficient (Wildman–Crippen LogP) is 2.61. The third kappa shape index (κ3) is 1.75. The third-order valence-corrected chi connectivity index (χ3v) is 3.22. The van der Waals surface area contributed by atoms with E-state index < -0.39 is 0 Å². The molecule has 0 spiro atoms. The predicted molar refractivity (Wildman–Crippen MR) is 66.2 cm³/mol. The standard InChI is InChI=1S/C14H13FN2O/c15-11-3-1-4-12-10(11)7-9(8-16)14-13(18-12)5-2-6-17-14/h1-6,9H,7-8,16H2/t9-/m0/s1. The maximum atomic E-state index is 13.8. The van der Waals surface area contributed by atoms with Gasteiger partial charge in [0.1, 0.15) is 17.3 Å². The first-order valence-electron chi connectivity index (χ1n) is 5.90. The first-order valence-corrected chi connectivity index (χ1v) is 5.90. The molecule has 4 heteroatoms. The summed E-state index contributed by atoms with van der Waals surface area (Å²) in [4.78, 5) is 4.32. The molecule has 92 valence electrons. The lowest BCUT2D eigenvalue weighted by atomic mass is 9.95. The van der Waals surface area contributed by atoms with E-state index in [1.165, 1.54) is 6.07 Å². The van der Waals surface area contributed by atoms with Crippen LogP contribution in [-0.2, 0) is 6.42 Å². The first kappa shape index (κ1) is 11.2. The molecule has 2 N–H and O–H groups in total. The van der Waals surface area contributed by atoms with Crippen LogP contribution in [-0.4, -0.2) is 11.5 Å². The summed E-state index contributed by atoms with van der Waals surface area (Å²) < 4.78 is 19.6. The summed E-state index contributed by atoms with van der Waals surface area (Å²) in [5.41, 5.74) is 7.15. The number of hydrogen-bond donors (Lipinski definition) is 1. The number of pyridine rings is 1. The van der Waals surface area contributed by atoms with Crippen LogP contribution in [0.1, 0.15) is 17.2 Å². The summed E-state index contributed by atoms with van der Waals surface area (Å²) in [6.07, 6.45) is 2.22. The Balaban J connectivity index is 2.16. The molecule has 2 aromatic rings. The van der Waals surface area contributed by atoms with Gasteiger partial charge in [-0.05, 0) is 30.7 Å². The summed E-state index contributed by atoms with van der Waals surface area (Å²) in [6.45, 7) is 0.418. The van der Waals surface area contributed by atoms with Crippen LogP contribution in [0.25, 0.3) is 0 Å². The molecule has 1 atom stereocenters. The maximum Gasteiger partial charge on any atom is 0.149 e. The van der Waals surface area contributed by atoms with Crippen molar-refractivity contribution >= 4 is 0 Å². The second kappa shape index (κ2) is 4.38. The Morgan fingerprint density at radius 3 is 2.94 bits per heavy atom. The Hall–Kier alpha value is -1.94. The fourth-order valence-corrected chi connectivity index (χ4v) is 2.28. The molecule has 3 rings (SSSR count). The van der Waals surface area contributed by atoms with Crippen molar-refractivity contribution in [1.82, 2.24) is 4.98 Å². The van der Waals surface area contributed by atoms with E-state index >= 15 is 0 Å². The Kier molecular flexibility index (Phi) is 2.72. The summed E-state index contributed by atoms with van der Waals surface area (Å²) in [7, 11) is 0. The van der Waals surface area contributed by atoms with E-state index in [0.717, 1.165) is 5.69 Å². The van der Waals surface area contributed by atoms with Gasteiger partial charge in [0.2, 0.25) is 0 Å². The lowest BCUT2D eigenvalue weighted by Gasteiger charge is -2.12. The minimum absolute atomic E-state index is 0.0145. The van der Waals surface area contributed by atoms with E-state index in [-0.39, 0.29) is 11.7 Å². The molecule has 1 aliphatic heterocycles. The molecule has 2 heterocycles. The molecule has 1 aliphatic rings. The molecular formula is C14H13FN2O. The minimum atomic E-state index is -0.251. The number of nitrogens with zero attached hydrogens (tertiary/aromatic N) is 1. The number of aromatic nitrogens is 1. The average molecular weight is 244 g/mol. The lowest BCUT2D eigenvalue weighted by Crippen LogP contribution is -2.16.